The van der Waals surface area contributed by atoms with Gasteiger partial charge in [0.15, 0.2) is 11.6 Å². The van der Waals surface area contributed by atoms with Crippen LogP contribution in [0.1, 0.15) is 19.4 Å². The van der Waals surface area contributed by atoms with E-state index in [2.05, 4.69) is 10.1 Å². The first-order chi connectivity index (χ1) is 16.6. The van der Waals surface area contributed by atoms with E-state index < -0.39 is 23.7 Å². The van der Waals surface area contributed by atoms with E-state index in [1.807, 2.05) is 6.07 Å². The Morgan fingerprint density at radius 3 is 2.09 bits per heavy atom. The van der Waals surface area contributed by atoms with Gasteiger partial charge in [-0.15, -0.1) is 5.10 Å². The van der Waals surface area contributed by atoms with Crippen LogP contribution in [-0.4, -0.2) is 26.7 Å². The molecule has 0 saturated heterocycles. The van der Waals surface area contributed by atoms with E-state index in [1.54, 1.807) is 48.5 Å². The van der Waals surface area contributed by atoms with Crippen molar-refractivity contribution in [3.05, 3.63) is 78.4 Å². The van der Waals surface area contributed by atoms with Crippen molar-refractivity contribution < 1.29 is 32.2 Å². The van der Waals surface area contributed by atoms with Gasteiger partial charge in [0.25, 0.3) is 0 Å². The summed E-state index contributed by atoms with van der Waals surface area (Å²) in [4.78, 5) is 27.8. The number of ether oxygens (including phenoxy) is 2. The van der Waals surface area contributed by atoms with Crippen molar-refractivity contribution in [3.63, 3.8) is 0 Å². The quantitative estimate of drug-likeness (QED) is 0.278. The standard InChI is InChI=1S/C25H18F3N3O4/c1-15(32)34-21-11-7-6-10-20(21)24-29-23(30-31(24)18-8-4-3-5-9-18)19-13-12-17(25(26,27)28)14-22(19)35-16(2)33/h3-14H,1-2H3. The Morgan fingerprint density at radius 2 is 1.43 bits per heavy atom. The number of carbonyl (C=O) groups excluding carboxylic acids is 2. The third-order valence-corrected chi connectivity index (χ3v) is 4.79. The highest BCUT2D eigenvalue weighted by molar-refractivity contribution is 5.78. The Bertz CT molecular complexity index is 1400. The number of alkyl halides is 3. The zero-order valence-corrected chi connectivity index (χ0v) is 18.5. The molecule has 0 N–H and O–H groups in total. The molecule has 3 aromatic carbocycles. The summed E-state index contributed by atoms with van der Waals surface area (Å²) in [5, 5.41) is 4.50. The van der Waals surface area contributed by atoms with Crippen molar-refractivity contribution in [2.75, 3.05) is 0 Å². The Balaban J connectivity index is 1.94. The molecule has 7 nitrogen and oxygen atoms in total. The maximum absolute atomic E-state index is 13.3. The maximum Gasteiger partial charge on any atom is 0.416 e. The van der Waals surface area contributed by atoms with E-state index in [9.17, 15) is 22.8 Å². The molecule has 0 amide bonds. The average Bonchev–Trinajstić information content (AvgIpc) is 3.23. The van der Waals surface area contributed by atoms with Gasteiger partial charge in [0.05, 0.1) is 22.4 Å². The van der Waals surface area contributed by atoms with E-state index >= 15 is 0 Å². The Morgan fingerprint density at radius 1 is 0.800 bits per heavy atom. The van der Waals surface area contributed by atoms with Crippen molar-refractivity contribution >= 4 is 11.9 Å². The molecule has 178 valence electrons. The minimum atomic E-state index is -4.64. The molecule has 0 aliphatic carbocycles. The van der Waals surface area contributed by atoms with Crippen LogP contribution in [0.3, 0.4) is 0 Å². The van der Waals surface area contributed by atoms with Crippen LogP contribution in [0.2, 0.25) is 0 Å². The predicted molar refractivity (Wildman–Crippen MR) is 120 cm³/mol. The van der Waals surface area contributed by atoms with E-state index in [0.29, 0.717) is 11.3 Å². The van der Waals surface area contributed by atoms with Crippen LogP contribution in [0.4, 0.5) is 13.2 Å². The molecule has 10 heteroatoms. The number of rotatable bonds is 5. The molecule has 0 aliphatic rings. The number of benzene rings is 3. The number of carbonyl (C=O) groups is 2. The summed E-state index contributed by atoms with van der Waals surface area (Å²) in [7, 11) is 0. The van der Waals surface area contributed by atoms with Crippen molar-refractivity contribution in [1.82, 2.24) is 14.8 Å². The van der Waals surface area contributed by atoms with E-state index in [0.717, 1.165) is 25.1 Å². The third kappa shape index (κ3) is 5.21. The number of aromatic nitrogens is 3. The van der Waals surface area contributed by atoms with E-state index in [4.69, 9.17) is 9.47 Å². The Labute approximate surface area is 197 Å². The molecule has 0 atom stereocenters. The van der Waals surface area contributed by atoms with Gasteiger partial charge in [0.2, 0.25) is 0 Å². The summed E-state index contributed by atoms with van der Waals surface area (Å²) in [5.41, 5.74) is 0.112. The van der Waals surface area contributed by atoms with E-state index in [1.165, 1.54) is 11.6 Å². The highest BCUT2D eigenvalue weighted by Crippen LogP contribution is 2.38. The van der Waals surface area contributed by atoms with Crippen LogP contribution in [0, 0.1) is 0 Å². The van der Waals surface area contributed by atoms with Crippen molar-refractivity contribution in [2.45, 2.75) is 20.0 Å². The molecule has 1 heterocycles. The molecule has 0 bridgehead atoms. The molecule has 0 unspecified atom stereocenters. The molecule has 0 saturated carbocycles. The molecule has 0 fully saturated rings. The summed E-state index contributed by atoms with van der Waals surface area (Å²) in [6, 6.07) is 18.3. The highest BCUT2D eigenvalue weighted by Gasteiger charge is 2.32. The minimum Gasteiger partial charge on any atom is -0.426 e. The molecular formula is C25H18F3N3O4. The largest absolute Gasteiger partial charge is 0.426 e. The summed E-state index contributed by atoms with van der Waals surface area (Å²) < 4.78 is 51.7. The first kappa shape index (κ1) is 23.7. The molecule has 0 aliphatic heterocycles. The predicted octanol–water partition coefficient (Wildman–Crippen LogP) is 5.47. The number of hydrogen-bond acceptors (Lipinski definition) is 6. The Hall–Kier alpha value is -4.47. The monoisotopic (exact) mass is 481 g/mol. The third-order valence-electron chi connectivity index (χ3n) is 4.79. The highest BCUT2D eigenvalue weighted by atomic mass is 19.4. The summed E-state index contributed by atoms with van der Waals surface area (Å²) in [6.45, 7) is 2.35. The van der Waals surface area contributed by atoms with Crippen molar-refractivity contribution in [1.29, 1.82) is 0 Å². The molecular weight excluding hydrogens is 463 g/mol. The lowest BCUT2D eigenvalue weighted by atomic mass is 10.1. The Kier molecular flexibility index (Phi) is 6.37. The fourth-order valence-corrected chi connectivity index (χ4v) is 3.37. The van der Waals surface area contributed by atoms with Gasteiger partial charge in [0.1, 0.15) is 11.5 Å². The lowest BCUT2D eigenvalue weighted by molar-refractivity contribution is -0.138. The van der Waals surface area contributed by atoms with Gasteiger partial charge in [-0.1, -0.05) is 30.3 Å². The number of esters is 2. The second-order valence-electron chi connectivity index (χ2n) is 7.40. The molecule has 4 aromatic rings. The zero-order chi connectivity index (χ0) is 25.2. The number of nitrogens with zero attached hydrogens (tertiary/aromatic N) is 3. The molecule has 0 radical (unpaired) electrons. The second-order valence-corrected chi connectivity index (χ2v) is 7.40. The molecule has 35 heavy (non-hydrogen) atoms. The van der Waals surface area contributed by atoms with Crippen LogP contribution in [0.5, 0.6) is 11.5 Å². The smallest absolute Gasteiger partial charge is 0.416 e. The van der Waals surface area contributed by atoms with Crippen LogP contribution in [-0.2, 0) is 15.8 Å². The topological polar surface area (TPSA) is 83.3 Å². The van der Waals surface area contributed by atoms with Gasteiger partial charge in [-0.2, -0.15) is 13.2 Å². The van der Waals surface area contributed by atoms with Gasteiger partial charge in [-0.3, -0.25) is 9.59 Å². The SMILES string of the molecule is CC(=O)Oc1cc(C(F)(F)F)ccc1-c1nc(-c2ccccc2OC(C)=O)n(-c2ccccc2)n1. The lowest BCUT2D eigenvalue weighted by Crippen LogP contribution is -2.08. The molecule has 0 spiro atoms. The van der Waals surface area contributed by atoms with Gasteiger partial charge in [-0.25, -0.2) is 9.67 Å². The summed E-state index contributed by atoms with van der Waals surface area (Å²) in [6.07, 6.45) is -4.64. The van der Waals surface area contributed by atoms with Crippen LogP contribution in [0.25, 0.3) is 28.5 Å². The molecule has 4 rings (SSSR count). The zero-order valence-electron chi connectivity index (χ0n) is 18.5. The van der Waals surface area contributed by atoms with E-state index in [-0.39, 0.29) is 28.7 Å². The van der Waals surface area contributed by atoms with Gasteiger partial charge >= 0.3 is 18.1 Å². The van der Waals surface area contributed by atoms with Gasteiger partial charge in [0, 0.05) is 13.8 Å². The van der Waals surface area contributed by atoms with Crippen LogP contribution in [0.15, 0.2) is 72.8 Å². The number of para-hydroxylation sites is 2. The maximum atomic E-state index is 13.3. The number of halogens is 3. The van der Waals surface area contributed by atoms with Gasteiger partial charge < -0.3 is 9.47 Å². The minimum absolute atomic E-state index is 0.00598. The first-order valence-electron chi connectivity index (χ1n) is 10.3. The fraction of sp³-hybridized carbons (Fsp3) is 0.120. The summed E-state index contributed by atoms with van der Waals surface area (Å²) >= 11 is 0. The fourth-order valence-electron chi connectivity index (χ4n) is 3.37. The van der Waals surface area contributed by atoms with Crippen molar-refractivity contribution in [3.8, 4) is 40.0 Å². The van der Waals surface area contributed by atoms with Crippen LogP contribution >= 0.6 is 0 Å². The molecule has 1 aromatic heterocycles. The number of hydrogen-bond donors (Lipinski definition) is 0. The summed E-state index contributed by atoms with van der Waals surface area (Å²) in [5.74, 6) is -1.18. The van der Waals surface area contributed by atoms with Gasteiger partial charge in [-0.05, 0) is 42.5 Å². The first-order valence-corrected chi connectivity index (χ1v) is 10.3. The second kappa shape index (κ2) is 9.41. The normalized spacial score (nSPS) is 11.2. The lowest BCUT2D eigenvalue weighted by Gasteiger charge is -2.11. The van der Waals surface area contributed by atoms with Crippen molar-refractivity contribution in [2.24, 2.45) is 0 Å². The van der Waals surface area contributed by atoms with Crippen LogP contribution < -0.4 is 9.47 Å². The average molecular weight is 481 g/mol.